The molecule has 4 rings (SSSR count). The Labute approximate surface area is 254 Å². The van der Waals surface area contributed by atoms with Crippen molar-refractivity contribution < 1.29 is 19.1 Å². The number of carbonyl (C=O) groups excluding carboxylic acids is 3. The van der Waals surface area contributed by atoms with Crippen molar-refractivity contribution in [1.29, 1.82) is 0 Å². The molecule has 0 spiro atoms. The van der Waals surface area contributed by atoms with Crippen molar-refractivity contribution in [2.75, 3.05) is 5.32 Å². The zero-order valence-corrected chi connectivity index (χ0v) is 25.8. The first kappa shape index (κ1) is 31.3. The van der Waals surface area contributed by atoms with Gasteiger partial charge in [-0.15, -0.1) is 0 Å². The lowest BCUT2D eigenvalue weighted by Crippen LogP contribution is -2.55. The molecule has 4 aromatic carbocycles. The van der Waals surface area contributed by atoms with Crippen LogP contribution in [0.4, 0.5) is 10.5 Å². The van der Waals surface area contributed by atoms with Crippen LogP contribution in [-0.4, -0.2) is 40.5 Å². The molecular formula is C36H41N3O4. The SMILES string of the molecule is Cc1ccc(C(C(=O)Nc2ccc3ccccc3c2)N(C(=O)C(Cc2ccccc2)NC(=O)OC(C)(C)C)C(C)C)cc1. The molecule has 0 aromatic heterocycles. The van der Waals surface area contributed by atoms with Crippen molar-refractivity contribution in [3.8, 4) is 0 Å². The number of benzene rings is 4. The smallest absolute Gasteiger partial charge is 0.408 e. The van der Waals surface area contributed by atoms with Crippen LogP contribution < -0.4 is 10.6 Å². The fourth-order valence-electron chi connectivity index (χ4n) is 5.02. The van der Waals surface area contributed by atoms with Crippen LogP contribution >= 0.6 is 0 Å². The number of anilines is 1. The highest BCUT2D eigenvalue weighted by Gasteiger charge is 2.38. The maximum absolute atomic E-state index is 14.5. The molecule has 0 aliphatic rings. The summed E-state index contributed by atoms with van der Waals surface area (Å²) in [6.07, 6.45) is -0.465. The Hall–Kier alpha value is -4.65. The van der Waals surface area contributed by atoms with E-state index in [0.717, 1.165) is 21.9 Å². The Bertz CT molecular complexity index is 1560. The van der Waals surface area contributed by atoms with Gasteiger partial charge in [-0.3, -0.25) is 9.59 Å². The summed E-state index contributed by atoms with van der Waals surface area (Å²) < 4.78 is 5.52. The molecule has 2 unspecified atom stereocenters. The maximum Gasteiger partial charge on any atom is 0.408 e. The first-order valence-corrected chi connectivity index (χ1v) is 14.6. The lowest BCUT2D eigenvalue weighted by Gasteiger charge is -2.37. The van der Waals surface area contributed by atoms with E-state index in [1.54, 1.807) is 25.7 Å². The number of rotatable bonds is 9. The van der Waals surface area contributed by atoms with Crippen molar-refractivity contribution >= 4 is 34.4 Å². The number of hydrogen-bond acceptors (Lipinski definition) is 4. The summed E-state index contributed by atoms with van der Waals surface area (Å²) in [6, 6.07) is 28.4. The van der Waals surface area contributed by atoms with Crippen molar-refractivity contribution in [1.82, 2.24) is 10.2 Å². The van der Waals surface area contributed by atoms with E-state index in [2.05, 4.69) is 10.6 Å². The molecule has 0 aliphatic heterocycles. The predicted molar refractivity (Wildman–Crippen MR) is 172 cm³/mol. The van der Waals surface area contributed by atoms with Crippen LogP contribution in [0.25, 0.3) is 10.8 Å². The Kier molecular flexibility index (Phi) is 9.86. The Balaban J connectivity index is 1.72. The fourth-order valence-corrected chi connectivity index (χ4v) is 5.02. The highest BCUT2D eigenvalue weighted by molar-refractivity contribution is 6.00. The van der Waals surface area contributed by atoms with Gasteiger partial charge in [0, 0.05) is 18.2 Å². The van der Waals surface area contributed by atoms with E-state index < -0.39 is 23.8 Å². The number of nitrogens with zero attached hydrogens (tertiary/aromatic N) is 1. The molecule has 7 nitrogen and oxygen atoms in total. The minimum absolute atomic E-state index is 0.231. The number of aryl methyl sites for hydroxylation is 1. The average Bonchev–Trinajstić information content (AvgIpc) is 2.95. The van der Waals surface area contributed by atoms with Crippen LogP contribution in [-0.2, 0) is 20.7 Å². The van der Waals surface area contributed by atoms with E-state index in [1.807, 2.05) is 118 Å². The zero-order chi connectivity index (χ0) is 31.1. The zero-order valence-electron chi connectivity index (χ0n) is 25.8. The van der Waals surface area contributed by atoms with Crippen molar-refractivity contribution in [2.24, 2.45) is 0 Å². The molecular weight excluding hydrogens is 538 g/mol. The molecule has 224 valence electrons. The monoisotopic (exact) mass is 579 g/mol. The minimum atomic E-state index is -0.971. The third-order valence-electron chi connectivity index (χ3n) is 7.02. The van der Waals surface area contributed by atoms with Gasteiger partial charge in [-0.25, -0.2) is 4.79 Å². The molecule has 7 heteroatoms. The number of hydrogen-bond donors (Lipinski definition) is 2. The van der Waals surface area contributed by atoms with Gasteiger partial charge in [0.1, 0.15) is 17.7 Å². The molecule has 0 saturated carbocycles. The highest BCUT2D eigenvalue weighted by atomic mass is 16.6. The second-order valence-electron chi connectivity index (χ2n) is 12.1. The van der Waals surface area contributed by atoms with E-state index in [0.29, 0.717) is 11.3 Å². The molecule has 2 N–H and O–H groups in total. The Morgan fingerprint density at radius 1 is 0.814 bits per heavy atom. The van der Waals surface area contributed by atoms with Crippen LogP contribution in [0.15, 0.2) is 97.1 Å². The molecule has 3 amide bonds. The maximum atomic E-state index is 14.5. The lowest BCUT2D eigenvalue weighted by atomic mass is 9.98. The molecule has 0 saturated heterocycles. The number of fused-ring (bicyclic) bond motifs is 1. The normalized spacial score (nSPS) is 12.8. The van der Waals surface area contributed by atoms with Crippen molar-refractivity contribution in [3.63, 3.8) is 0 Å². The number of ether oxygens (including phenoxy) is 1. The van der Waals surface area contributed by atoms with Crippen LogP contribution in [0, 0.1) is 6.92 Å². The Morgan fingerprint density at radius 2 is 1.44 bits per heavy atom. The van der Waals surface area contributed by atoms with Crippen molar-refractivity contribution in [3.05, 3.63) is 114 Å². The van der Waals surface area contributed by atoms with Gasteiger partial charge in [0.15, 0.2) is 0 Å². The van der Waals surface area contributed by atoms with Crippen LogP contribution in [0.3, 0.4) is 0 Å². The number of alkyl carbamates (subject to hydrolysis) is 1. The van der Waals surface area contributed by atoms with Gasteiger partial charge >= 0.3 is 6.09 Å². The third kappa shape index (κ3) is 8.44. The topological polar surface area (TPSA) is 87.7 Å². The number of carbonyl (C=O) groups is 3. The molecule has 2 atom stereocenters. The summed E-state index contributed by atoms with van der Waals surface area (Å²) in [7, 11) is 0. The molecule has 0 fully saturated rings. The quantitative estimate of drug-likeness (QED) is 0.220. The minimum Gasteiger partial charge on any atom is -0.444 e. The lowest BCUT2D eigenvalue weighted by molar-refractivity contribution is -0.142. The van der Waals surface area contributed by atoms with Gasteiger partial charge in [-0.05, 0) is 75.6 Å². The van der Waals surface area contributed by atoms with Gasteiger partial charge in [0.2, 0.25) is 5.91 Å². The number of nitrogens with one attached hydrogen (secondary N) is 2. The third-order valence-corrected chi connectivity index (χ3v) is 7.02. The van der Waals surface area contributed by atoms with Gasteiger partial charge < -0.3 is 20.3 Å². The van der Waals surface area contributed by atoms with E-state index in [1.165, 1.54) is 0 Å². The van der Waals surface area contributed by atoms with Crippen molar-refractivity contribution in [2.45, 2.75) is 71.7 Å². The second-order valence-corrected chi connectivity index (χ2v) is 12.1. The van der Waals surface area contributed by atoms with Gasteiger partial charge in [0.25, 0.3) is 5.91 Å². The summed E-state index contributed by atoms with van der Waals surface area (Å²) in [5.74, 6) is -0.735. The molecule has 0 aliphatic carbocycles. The van der Waals surface area contributed by atoms with E-state index in [9.17, 15) is 14.4 Å². The summed E-state index contributed by atoms with van der Waals surface area (Å²) >= 11 is 0. The first-order chi connectivity index (χ1) is 20.4. The van der Waals surface area contributed by atoms with Crippen LogP contribution in [0.5, 0.6) is 0 Å². The summed E-state index contributed by atoms with van der Waals surface area (Å²) in [4.78, 5) is 43.1. The summed E-state index contributed by atoms with van der Waals surface area (Å²) in [5.41, 5.74) is 2.46. The van der Waals surface area contributed by atoms with E-state index in [-0.39, 0.29) is 24.3 Å². The summed E-state index contributed by atoms with van der Waals surface area (Å²) in [6.45, 7) is 11.0. The van der Waals surface area contributed by atoms with E-state index >= 15 is 0 Å². The molecule has 0 heterocycles. The van der Waals surface area contributed by atoms with Crippen LogP contribution in [0.2, 0.25) is 0 Å². The first-order valence-electron chi connectivity index (χ1n) is 14.6. The second kappa shape index (κ2) is 13.6. The molecule has 4 aromatic rings. The largest absolute Gasteiger partial charge is 0.444 e. The van der Waals surface area contributed by atoms with Gasteiger partial charge in [0.05, 0.1) is 0 Å². The highest BCUT2D eigenvalue weighted by Crippen LogP contribution is 2.28. The Morgan fingerprint density at radius 3 is 2.07 bits per heavy atom. The molecule has 0 radical (unpaired) electrons. The van der Waals surface area contributed by atoms with Gasteiger partial charge in [-0.2, -0.15) is 0 Å². The molecule has 43 heavy (non-hydrogen) atoms. The molecule has 0 bridgehead atoms. The summed E-state index contributed by atoms with van der Waals surface area (Å²) in [5, 5.41) is 7.91. The standard InChI is InChI=1S/C36H41N3O4/c1-24(2)39(34(41)31(22-26-12-8-7-9-13-26)38-35(42)43-36(4,5)6)32(28-18-16-25(3)17-19-28)33(40)37-30-21-20-27-14-10-11-15-29(27)23-30/h7-21,23-24,31-32H,22H2,1-6H3,(H,37,40)(H,38,42). The van der Waals surface area contributed by atoms with Crippen LogP contribution in [0.1, 0.15) is 57.4 Å². The predicted octanol–water partition coefficient (Wildman–Crippen LogP) is 7.20. The van der Waals surface area contributed by atoms with Gasteiger partial charge in [-0.1, -0.05) is 90.5 Å². The number of amides is 3. The average molecular weight is 580 g/mol. The van der Waals surface area contributed by atoms with E-state index in [4.69, 9.17) is 4.74 Å². The fraction of sp³-hybridized carbons (Fsp3) is 0.306.